The average Bonchev–Trinajstić information content (AvgIpc) is 2.60. The summed E-state index contributed by atoms with van der Waals surface area (Å²) in [5.41, 5.74) is 0. The average molecular weight is 355 g/mol. The predicted molar refractivity (Wildman–Crippen MR) is 84.9 cm³/mol. The van der Waals surface area contributed by atoms with Crippen molar-refractivity contribution < 1.29 is 47.7 Å². The summed E-state index contributed by atoms with van der Waals surface area (Å²) in [5, 5.41) is 0. The molecule has 0 spiro atoms. The molecule has 8 nitrogen and oxygen atoms in total. The summed E-state index contributed by atoms with van der Waals surface area (Å²) >= 11 is 0. The number of carbonyl (C=O) groups is 4. The molecule has 140 valence electrons. The van der Waals surface area contributed by atoms with Gasteiger partial charge in [0.05, 0.1) is 27.8 Å². The van der Waals surface area contributed by atoms with E-state index in [1.807, 2.05) is 0 Å². The van der Waals surface area contributed by atoms with Crippen molar-refractivity contribution in [2.75, 3.05) is 26.4 Å². The van der Waals surface area contributed by atoms with Crippen LogP contribution < -0.4 is 0 Å². The first kappa shape index (κ1) is 13.2. The number of ether oxygens (including phenoxy) is 4. The smallest absolute Gasteiger partial charge is 0.320 e. The molecule has 0 heterocycles. The van der Waals surface area contributed by atoms with Gasteiger partial charge in [0.25, 0.3) is 0 Å². The van der Waals surface area contributed by atoms with Crippen LogP contribution in [-0.4, -0.2) is 50.3 Å². The van der Waals surface area contributed by atoms with Crippen LogP contribution in [0, 0.1) is 11.8 Å². The van der Waals surface area contributed by atoms with Gasteiger partial charge in [0.1, 0.15) is 0 Å². The lowest BCUT2D eigenvalue weighted by Crippen LogP contribution is -2.25. The SMILES string of the molecule is [2H]C([2H])([2H])C(C(=O)OCC)C(=O)OCC.[2H]C([2H])([2H])C([2H])(C(=O)OCC)C(=O)OCC. The minimum absolute atomic E-state index is 0.0187. The van der Waals surface area contributed by atoms with Gasteiger partial charge in [-0.25, -0.2) is 0 Å². The van der Waals surface area contributed by atoms with Gasteiger partial charge in [-0.3, -0.25) is 19.2 Å². The Morgan fingerprint density at radius 1 is 0.708 bits per heavy atom. The minimum Gasteiger partial charge on any atom is -0.465 e. The van der Waals surface area contributed by atoms with Crippen LogP contribution in [0.2, 0.25) is 0 Å². The maximum absolute atomic E-state index is 11.4. The van der Waals surface area contributed by atoms with Gasteiger partial charge >= 0.3 is 23.9 Å². The standard InChI is InChI=1S/2C8H14O4/c2*1-4-11-7(9)6(3)8(10)12-5-2/h2*6H,4-5H2,1-3H3/i3D3,6D;3D3. The van der Waals surface area contributed by atoms with E-state index in [-0.39, 0.29) is 26.4 Å². The summed E-state index contributed by atoms with van der Waals surface area (Å²) in [7, 11) is 0. The zero-order valence-electron chi connectivity index (χ0n) is 21.2. The Morgan fingerprint density at radius 2 is 1.04 bits per heavy atom. The quantitative estimate of drug-likeness (QED) is 0.366. The topological polar surface area (TPSA) is 105 Å². The molecular formula is C16H28O8. The van der Waals surface area contributed by atoms with E-state index in [0.717, 1.165) is 0 Å². The summed E-state index contributed by atoms with van der Waals surface area (Å²) in [6, 6.07) is 0. The molecule has 24 heavy (non-hydrogen) atoms. The van der Waals surface area contributed by atoms with Gasteiger partial charge in [0.2, 0.25) is 0 Å². The summed E-state index contributed by atoms with van der Waals surface area (Å²) < 4.78 is 67.6. The van der Waals surface area contributed by atoms with Crippen molar-refractivity contribution in [3.05, 3.63) is 0 Å². The van der Waals surface area contributed by atoms with E-state index >= 15 is 0 Å². The van der Waals surface area contributed by atoms with Crippen LogP contribution in [0.25, 0.3) is 0 Å². The largest absolute Gasteiger partial charge is 0.465 e. The molecule has 0 unspecified atom stereocenters. The summed E-state index contributed by atoms with van der Waals surface area (Å²) in [4.78, 5) is 45.2. The van der Waals surface area contributed by atoms with Crippen LogP contribution in [0.1, 0.15) is 51.0 Å². The second-order valence-electron chi connectivity index (χ2n) is 3.75. The van der Waals surface area contributed by atoms with Crippen molar-refractivity contribution in [1.29, 1.82) is 0 Å². The molecular weight excluding hydrogens is 320 g/mol. The van der Waals surface area contributed by atoms with E-state index in [4.69, 9.17) is 9.60 Å². The molecule has 0 fully saturated rings. The van der Waals surface area contributed by atoms with Crippen LogP contribution in [0.5, 0.6) is 0 Å². The molecule has 0 aliphatic heterocycles. The predicted octanol–water partition coefficient (Wildman–Crippen LogP) is 1.50. The monoisotopic (exact) mass is 355 g/mol. The first-order valence-corrected chi connectivity index (χ1v) is 7.23. The maximum atomic E-state index is 11.4. The van der Waals surface area contributed by atoms with Crippen LogP contribution >= 0.6 is 0 Å². The Labute approximate surface area is 152 Å². The number of carbonyl (C=O) groups excluding carboxylic acids is 4. The number of esters is 4. The Kier molecular flexibility index (Phi) is 7.96. The van der Waals surface area contributed by atoms with E-state index in [9.17, 15) is 19.2 Å². The fourth-order valence-electron chi connectivity index (χ4n) is 1.04. The Hall–Kier alpha value is -2.12. The first-order chi connectivity index (χ1) is 14.1. The molecule has 0 aliphatic carbocycles. The molecule has 0 aromatic carbocycles. The van der Waals surface area contributed by atoms with Crippen molar-refractivity contribution in [2.24, 2.45) is 11.8 Å². The van der Waals surface area contributed by atoms with Gasteiger partial charge < -0.3 is 18.9 Å². The molecule has 0 rings (SSSR count). The van der Waals surface area contributed by atoms with Crippen LogP contribution in [0.3, 0.4) is 0 Å². The van der Waals surface area contributed by atoms with Gasteiger partial charge in [0, 0.05) is 8.22 Å². The van der Waals surface area contributed by atoms with Gasteiger partial charge in [-0.15, -0.1) is 0 Å². The first-order valence-electron chi connectivity index (χ1n) is 10.7. The lowest BCUT2D eigenvalue weighted by Gasteiger charge is -2.08. The fraction of sp³-hybridized carbons (Fsp3) is 0.750. The van der Waals surface area contributed by atoms with E-state index in [1.54, 1.807) is 0 Å². The molecule has 0 saturated heterocycles. The summed E-state index contributed by atoms with van der Waals surface area (Å²) in [6.45, 7) is -0.116. The number of hydrogen-bond donors (Lipinski definition) is 0. The molecule has 0 amide bonds. The van der Waals surface area contributed by atoms with Gasteiger partial charge in [-0.1, -0.05) is 0 Å². The normalized spacial score (nSPS) is 15.5. The Balaban J connectivity index is 0. The second kappa shape index (κ2) is 14.5. The van der Waals surface area contributed by atoms with Crippen molar-refractivity contribution in [3.63, 3.8) is 0 Å². The lowest BCUT2D eigenvalue weighted by atomic mass is 10.2. The second-order valence-corrected chi connectivity index (χ2v) is 3.75. The maximum Gasteiger partial charge on any atom is 0.320 e. The van der Waals surface area contributed by atoms with Crippen LogP contribution in [0.15, 0.2) is 0 Å². The van der Waals surface area contributed by atoms with E-state index in [2.05, 4.69) is 18.9 Å². The zero-order chi connectivity index (χ0) is 25.0. The molecule has 0 saturated carbocycles. The Morgan fingerprint density at radius 3 is 1.29 bits per heavy atom. The molecule has 0 radical (unpaired) electrons. The van der Waals surface area contributed by atoms with E-state index < -0.39 is 49.4 Å². The highest BCUT2D eigenvalue weighted by atomic mass is 16.6. The summed E-state index contributed by atoms with van der Waals surface area (Å²) in [6.07, 6.45) is 0. The van der Waals surface area contributed by atoms with Crippen LogP contribution in [0.4, 0.5) is 0 Å². The Bertz CT molecular complexity index is 580. The molecule has 0 N–H and O–H groups in total. The number of rotatable bonds is 8. The third-order valence-electron chi connectivity index (χ3n) is 2.00. The summed E-state index contributed by atoms with van der Waals surface area (Å²) in [5.74, 6) is -9.86. The van der Waals surface area contributed by atoms with Gasteiger partial charge in [-0.05, 0) is 41.4 Å². The lowest BCUT2D eigenvalue weighted by molar-refractivity contribution is -0.162. The third-order valence-corrected chi connectivity index (χ3v) is 2.00. The molecule has 8 heteroatoms. The van der Waals surface area contributed by atoms with Gasteiger partial charge in [0.15, 0.2) is 11.8 Å². The highest BCUT2D eigenvalue weighted by molar-refractivity contribution is 5.94. The fourth-order valence-corrected chi connectivity index (χ4v) is 1.04. The highest BCUT2D eigenvalue weighted by Crippen LogP contribution is 2.02. The molecule has 0 bridgehead atoms. The van der Waals surface area contributed by atoms with Crippen molar-refractivity contribution >= 4 is 23.9 Å². The molecule has 0 atom stereocenters. The van der Waals surface area contributed by atoms with Crippen molar-refractivity contribution in [1.82, 2.24) is 0 Å². The van der Waals surface area contributed by atoms with Gasteiger partial charge in [-0.2, -0.15) is 0 Å². The van der Waals surface area contributed by atoms with Crippen molar-refractivity contribution in [2.45, 2.75) is 41.4 Å². The molecule has 0 aromatic heterocycles. The van der Waals surface area contributed by atoms with E-state index in [1.165, 1.54) is 27.7 Å². The molecule has 0 aromatic rings. The molecule has 0 aliphatic rings. The van der Waals surface area contributed by atoms with E-state index in [0.29, 0.717) is 0 Å². The third kappa shape index (κ3) is 10.6. The number of hydrogen-bond acceptors (Lipinski definition) is 8. The van der Waals surface area contributed by atoms with Crippen molar-refractivity contribution in [3.8, 4) is 0 Å². The zero-order valence-corrected chi connectivity index (χ0v) is 14.2. The van der Waals surface area contributed by atoms with Crippen LogP contribution in [-0.2, 0) is 38.1 Å². The highest BCUT2D eigenvalue weighted by Gasteiger charge is 2.24. The minimum atomic E-state index is -3.13.